The lowest BCUT2D eigenvalue weighted by Gasteiger charge is -2.08. The van der Waals surface area contributed by atoms with Crippen LogP contribution in [0.5, 0.6) is 5.75 Å². The Labute approximate surface area is 132 Å². The van der Waals surface area contributed by atoms with Crippen molar-refractivity contribution in [1.29, 1.82) is 0 Å². The van der Waals surface area contributed by atoms with Gasteiger partial charge in [-0.05, 0) is 18.2 Å². The van der Waals surface area contributed by atoms with Crippen molar-refractivity contribution in [3.8, 4) is 10.9 Å². The summed E-state index contributed by atoms with van der Waals surface area (Å²) in [6.45, 7) is 0.402. The van der Waals surface area contributed by atoms with Crippen molar-refractivity contribution in [2.75, 3.05) is 7.11 Å². The number of aromatic nitrogens is 2. The number of carbonyl (C=O) groups excluding carboxylic acids is 1. The van der Waals surface area contributed by atoms with Gasteiger partial charge in [-0.25, -0.2) is 4.98 Å². The van der Waals surface area contributed by atoms with Gasteiger partial charge in [0.2, 0.25) is 0 Å². The predicted octanol–water partition coefficient (Wildman–Crippen LogP) is 2.87. The number of para-hydroxylation sites is 1. The molecule has 0 unspecified atom stereocenters. The van der Waals surface area contributed by atoms with E-state index in [9.17, 15) is 4.79 Å². The van der Waals surface area contributed by atoms with E-state index in [0.29, 0.717) is 12.2 Å². The van der Waals surface area contributed by atoms with Crippen molar-refractivity contribution in [2.24, 2.45) is 0 Å². The van der Waals surface area contributed by atoms with Gasteiger partial charge in [0.15, 0.2) is 5.13 Å². The number of nitrogens with one attached hydrogen (secondary N) is 1. The lowest BCUT2D eigenvalue weighted by molar-refractivity contribution is 0.0946. The third kappa shape index (κ3) is 3.01. The fourth-order valence-electron chi connectivity index (χ4n) is 2.06. The zero-order chi connectivity index (χ0) is 15.4. The molecule has 0 saturated carbocycles. The fraction of sp³-hybridized carbons (Fsp3) is 0.125. The van der Waals surface area contributed by atoms with Gasteiger partial charge in [-0.2, -0.15) is 0 Å². The fourth-order valence-corrected chi connectivity index (χ4v) is 2.84. The molecule has 3 rings (SSSR count). The van der Waals surface area contributed by atoms with Gasteiger partial charge in [0.05, 0.1) is 7.11 Å². The highest BCUT2D eigenvalue weighted by Gasteiger charge is 2.12. The number of hydrogen-bond donors (Lipinski definition) is 1. The Morgan fingerprint density at radius 3 is 2.82 bits per heavy atom. The molecule has 0 bridgehead atoms. The minimum Gasteiger partial charge on any atom is -0.496 e. The Morgan fingerprint density at radius 2 is 2.05 bits per heavy atom. The summed E-state index contributed by atoms with van der Waals surface area (Å²) in [5.41, 5.74) is 1.35. The maximum absolute atomic E-state index is 12.2. The highest BCUT2D eigenvalue weighted by Crippen LogP contribution is 2.18. The molecule has 3 aromatic rings. The number of methoxy groups -OCH3 is 1. The molecule has 0 radical (unpaired) electrons. The van der Waals surface area contributed by atoms with Crippen molar-refractivity contribution in [3.05, 3.63) is 65.4 Å². The number of carbonyl (C=O) groups is 1. The van der Waals surface area contributed by atoms with Crippen LogP contribution < -0.4 is 10.1 Å². The zero-order valence-electron chi connectivity index (χ0n) is 12.0. The molecule has 0 aliphatic rings. The molecule has 0 fully saturated rings. The first-order valence-corrected chi connectivity index (χ1v) is 7.65. The first-order chi connectivity index (χ1) is 10.8. The Hall–Kier alpha value is -2.60. The standard InChI is InChI=1S/C16H15N3O2S/c1-21-14-7-3-2-6-12(14)10-17-15(20)13-11-22-16(18-13)19-8-4-5-9-19/h2-9,11H,10H2,1H3,(H,17,20). The summed E-state index contributed by atoms with van der Waals surface area (Å²) in [5.74, 6) is 0.565. The molecule has 0 saturated heterocycles. The molecule has 6 heteroatoms. The van der Waals surface area contributed by atoms with Gasteiger partial charge in [0.1, 0.15) is 11.4 Å². The molecule has 0 aliphatic carbocycles. The number of rotatable bonds is 5. The van der Waals surface area contributed by atoms with Crippen LogP contribution in [0.25, 0.3) is 5.13 Å². The van der Waals surface area contributed by atoms with Gasteiger partial charge in [0.25, 0.3) is 5.91 Å². The third-order valence-corrected chi connectivity index (χ3v) is 4.04. The van der Waals surface area contributed by atoms with Gasteiger partial charge >= 0.3 is 0 Å². The van der Waals surface area contributed by atoms with Crippen molar-refractivity contribution in [2.45, 2.75) is 6.54 Å². The highest BCUT2D eigenvalue weighted by molar-refractivity contribution is 7.12. The summed E-state index contributed by atoms with van der Waals surface area (Å²) < 4.78 is 7.14. The smallest absolute Gasteiger partial charge is 0.271 e. The molecule has 0 atom stereocenters. The quantitative estimate of drug-likeness (QED) is 0.788. The molecule has 1 aromatic carbocycles. The van der Waals surface area contributed by atoms with E-state index in [4.69, 9.17) is 4.74 Å². The first-order valence-electron chi connectivity index (χ1n) is 6.77. The minimum absolute atomic E-state index is 0.194. The number of nitrogens with zero attached hydrogens (tertiary/aromatic N) is 2. The molecular weight excluding hydrogens is 298 g/mol. The number of thiazole rings is 1. The normalized spacial score (nSPS) is 10.4. The minimum atomic E-state index is -0.194. The van der Waals surface area contributed by atoms with Crippen molar-refractivity contribution in [1.82, 2.24) is 14.9 Å². The monoisotopic (exact) mass is 313 g/mol. The second kappa shape index (κ2) is 6.44. The maximum Gasteiger partial charge on any atom is 0.271 e. The van der Waals surface area contributed by atoms with Crippen LogP contribution in [-0.2, 0) is 6.54 Å². The van der Waals surface area contributed by atoms with Crippen molar-refractivity contribution in [3.63, 3.8) is 0 Å². The number of amides is 1. The number of hydrogen-bond acceptors (Lipinski definition) is 4. The maximum atomic E-state index is 12.2. The molecule has 2 heterocycles. The van der Waals surface area contributed by atoms with Crippen LogP contribution >= 0.6 is 11.3 Å². The summed E-state index contributed by atoms with van der Waals surface area (Å²) in [4.78, 5) is 16.5. The number of benzene rings is 1. The highest BCUT2D eigenvalue weighted by atomic mass is 32.1. The van der Waals surface area contributed by atoms with Crippen LogP contribution in [-0.4, -0.2) is 22.6 Å². The second-order valence-corrected chi connectivity index (χ2v) is 5.44. The summed E-state index contributed by atoms with van der Waals surface area (Å²) in [7, 11) is 1.62. The average Bonchev–Trinajstić information content (AvgIpc) is 3.23. The van der Waals surface area contributed by atoms with Crippen LogP contribution in [0.15, 0.2) is 54.2 Å². The predicted molar refractivity (Wildman–Crippen MR) is 85.6 cm³/mol. The molecule has 1 amide bonds. The Morgan fingerprint density at radius 1 is 1.27 bits per heavy atom. The Bertz CT molecular complexity index is 765. The van der Waals surface area contributed by atoms with Crippen molar-refractivity contribution >= 4 is 17.2 Å². The summed E-state index contributed by atoms with van der Waals surface area (Å²) in [5, 5.41) is 5.39. The van der Waals surface area contributed by atoms with Gasteiger partial charge in [-0.3, -0.25) is 4.79 Å². The van der Waals surface area contributed by atoms with Gasteiger partial charge in [-0.15, -0.1) is 11.3 Å². The van der Waals surface area contributed by atoms with Crippen LogP contribution in [0, 0.1) is 0 Å². The molecule has 1 N–H and O–H groups in total. The van der Waals surface area contributed by atoms with E-state index in [1.54, 1.807) is 12.5 Å². The average molecular weight is 313 g/mol. The van der Waals surface area contributed by atoms with Gasteiger partial charge in [-0.1, -0.05) is 18.2 Å². The van der Waals surface area contributed by atoms with Gasteiger partial charge in [0, 0.05) is 29.9 Å². The molecule has 0 aliphatic heterocycles. The van der Waals surface area contributed by atoms with E-state index in [1.165, 1.54) is 11.3 Å². The van der Waals surface area contributed by atoms with Crippen LogP contribution in [0.1, 0.15) is 16.1 Å². The van der Waals surface area contributed by atoms with E-state index in [2.05, 4.69) is 10.3 Å². The van der Waals surface area contributed by atoms with E-state index < -0.39 is 0 Å². The van der Waals surface area contributed by atoms with Gasteiger partial charge < -0.3 is 14.6 Å². The molecular formula is C16H15N3O2S. The first kappa shape index (κ1) is 14.3. The van der Waals surface area contributed by atoms with Crippen LogP contribution in [0.4, 0.5) is 0 Å². The molecule has 112 valence electrons. The summed E-state index contributed by atoms with van der Waals surface area (Å²) in [6, 6.07) is 11.4. The Balaban J connectivity index is 1.67. The summed E-state index contributed by atoms with van der Waals surface area (Å²) >= 11 is 1.43. The third-order valence-electron chi connectivity index (χ3n) is 3.18. The Kier molecular flexibility index (Phi) is 4.20. The van der Waals surface area contributed by atoms with Crippen LogP contribution in [0.3, 0.4) is 0 Å². The molecule has 2 aromatic heterocycles. The molecule has 0 spiro atoms. The van der Waals surface area contributed by atoms with E-state index in [1.807, 2.05) is 53.4 Å². The molecule has 22 heavy (non-hydrogen) atoms. The van der Waals surface area contributed by atoms with E-state index >= 15 is 0 Å². The summed E-state index contributed by atoms with van der Waals surface area (Å²) in [6.07, 6.45) is 3.80. The lowest BCUT2D eigenvalue weighted by Crippen LogP contribution is -2.23. The zero-order valence-corrected chi connectivity index (χ0v) is 12.8. The van der Waals surface area contributed by atoms with Crippen molar-refractivity contribution < 1.29 is 9.53 Å². The van der Waals surface area contributed by atoms with E-state index in [-0.39, 0.29) is 5.91 Å². The SMILES string of the molecule is COc1ccccc1CNC(=O)c1csc(-n2cccc2)n1. The molecule has 5 nitrogen and oxygen atoms in total. The largest absolute Gasteiger partial charge is 0.496 e. The lowest BCUT2D eigenvalue weighted by atomic mass is 10.2. The second-order valence-electron chi connectivity index (χ2n) is 4.60. The topological polar surface area (TPSA) is 56.1 Å². The van der Waals surface area contributed by atoms with Crippen LogP contribution in [0.2, 0.25) is 0 Å². The number of ether oxygens (including phenoxy) is 1. The van der Waals surface area contributed by atoms with E-state index in [0.717, 1.165) is 16.4 Å².